The second-order valence-electron chi connectivity index (χ2n) is 5.02. The minimum absolute atomic E-state index is 0.260. The maximum atomic E-state index is 12.3. The van der Waals surface area contributed by atoms with E-state index in [-0.39, 0.29) is 4.21 Å². The van der Waals surface area contributed by atoms with E-state index in [0.29, 0.717) is 12.2 Å². The monoisotopic (exact) mass is 411 g/mol. The molecule has 0 aliphatic rings. The van der Waals surface area contributed by atoms with Gasteiger partial charge in [0.1, 0.15) is 4.21 Å². The van der Waals surface area contributed by atoms with Crippen molar-refractivity contribution in [3.05, 3.63) is 63.7 Å². The first kappa shape index (κ1) is 16.2. The molecule has 2 heterocycles. The minimum atomic E-state index is -3.58. The third kappa shape index (κ3) is 3.82. The zero-order chi connectivity index (χ0) is 16.4. The Balaban J connectivity index is 1.76. The van der Waals surface area contributed by atoms with Gasteiger partial charge in [0.05, 0.1) is 22.2 Å². The van der Waals surface area contributed by atoms with E-state index in [4.69, 9.17) is 0 Å². The Morgan fingerprint density at radius 1 is 1.26 bits per heavy atom. The summed E-state index contributed by atoms with van der Waals surface area (Å²) in [6.45, 7) is 2.63. The van der Waals surface area contributed by atoms with Crippen LogP contribution in [0.25, 0.3) is 0 Å². The lowest BCUT2D eigenvalue weighted by Gasteiger charge is -2.05. The molecule has 2 aromatic heterocycles. The number of anilines is 1. The van der Waals surface area contributed by atoms with Crippen LogP contribution in [0, 0.1) is 6.92 Å². The number of nitrogens with zero attached hydrogens (tertiary/aromatic N) is 2. The molecule has 8 heteroatoms. The predicted octanol–water partition coefficient (Wildman–Crippen LogP) is 3.86. The molecule has 0 aliphatic carbocycles. The smallest absolute Gasteiger partial charge is 0.271 e. The number of rotatable bonds is 5. The van der Waals surface area contributed by atoms with Crippen molar-refractivity contribution in [1.82, 2.24) is 9.78 Å². The highest BCUT2D eigenvalue weighted by Crippen LogP contribution is 2.27. The maximum absolute atomic E-state index is 12.3. The van der Waals surface area contributed by atoms with Crippen LogP contribution >= 0.6 is 27.3 Å². The maximum Gasteiger partial charge on any atom is 0.271 e. The standard InChI is InChI=1S/C15H14BrN3O2S2/c1-11-4-2-3-5-12(11)9-19-10-13(8-17-19)18-23(20,21)15-7-6-14(16)22-15/h2-8,10,18H,9H2,1H3. The van der Waals surface area contributed by atoms with E-state index in [1.165, 1.54) is 11.8 Å². The number of nitrogens with one attached hydrogen (secondary N) is 1. The summed E-state index contributed by atoms with van der Waals surface area (Å²) < 4.78 is 29.8. The van der Waals surface area contributed by atoms with Gasteiger partial charge in [-0.3, -0.25) is 9.40 Å². The van der Waals surface area contributed by atoms with Gasteiger partial charge in [0.15, 0.2) is 0 Å². The second-order valence-corrected chi connectivity index (χ2v) is 9.39. The van der Waals surface area contributed by atoms with Crippen LogP contribution in [-0.4, -0.2) is 18.2 Å². The highest BCUT2D eigenvalue weighted by molar-refractivity contribution is 9.11. The first-order valence-electron chi connectivity index (χ1n) is 6.79. The number of benzene rings is 1. The fourth-order valence-electron chi connectivity index (χ4n) is 2.11. The van der Waals surface area contributed by atoms with Gasteiger partial charge < -0.3 is 0 Å². The molecular weight excluding hydrogens is 398 g/mol. The molecule has 0 fully saturated rings. The summed E-state index contributed by atoms with van der Waals surface area (Å²) in [5, 5.41) is 4.22. The normalized spacial score (nSPS) is 11.6. The number of aromatic nitrogens is 2. The summed E-state index contributed by atoms with van der Waals surface area (Å²) >= 11 is 4.43. The molecule has 0 radical (unpaired) electrons. The molecule has 1 aromatic carbocycles. The average Bonchev–Trinajstić information content (AvgIpc) is 3.11. The molecule has 0 bridgehead atoms. The van der Waals surface area contributed by atoms with Gasteiger partial charge in [-0.15, -0.1) is 11.3 Å². The number of thiophene rings is 1. The van der Waals surface area contributed by atoms with E-state index in [2.05, 4.69) is 25.8 Å². The van der Waals surface area contributed by atoms with Gasteiger partial charge in [-0.25, -0.2) is 8.42 Å². The SMILES string of the molecule is Cc1ccccc1Cn1cc(NS(=O)(=O)c2ccc(Br)s2)cn1. The molecule has 0 spiro atoms. The van der Waals surface area contributed by atoms with E-state index in [0.717, 1.165) is 20.7 Å². The van der Waals surface area contributed by atoms with Crippen LogP contribution in [0.1, 0.15) is 11.1 Å². The summed E-state index contributed by atoms with van der Waals surface area (Å²) in [5.41, 5.74) is 2.77. The van der Waals surface area contributed by atoms with Crippen LogP contribution < -0.4 is 4.72 Å². The topological polar surface area (TPSA) is 64.0 Å². The Morgan fingerprint density at radius 2 is 2.04 bits per heavy atom. The molecule has 0 amide bonds. The Kier molecular flexibility index (Phi) is 4.56. The highest BCUT2D eigenvalue weighted by Gasteiger charge is 2.17. The van der Waals surface area contributed by atoms with Gasteiger partial charge >= 0.3 is 0 Å². The summed E-state index contributed by atoms with van der Waals surface area (Å²) in [6.07, 6.45) is 3.20. The molecule has 0 atom stereocenters. The summed E-state index contributed by atoms with van der Waals surface area (Å²) in [7, 11) is -3.58. The van der Waals surface area contributed by atoms with Gasteiger partial charge in [-0.05, 0) is 46.1 Å². The highest BCUT2D eigenvalue weighted by atomic mass is 79.9. The predicted molar refractivity (Wildman–Crippen MR) is 95.3 cm³/mol. The molecule has 23 heavy (non-hydrogen) atoms. The van der Waals surface area contributed by atoms with Gasteiger partial charge in [0.2, 0.25) is 0 Å². The Hall–Kier alpha value is -1.64. The first-order valence-corrected chi connectivity index (χ1v) is 9.88. The zero-order valence-electron chi connectivity index (χ0n) is 12.2. The fraction of sp³-hybridized carbons (Fsp3) is 0.133. The van der Waals surface area contributed by atoms with Gasteiger partial charge in [-0.1, -0.05) is 24.3 Å². The van der Waals surface area contributed by atoms with E-state index in [9.17, 15) is 8.42 Å². The van der Waals surface area contributed by atoms with E-state index < -0.39 is 10.0 Å². The van der Waals surface area contributed by atoms with Crippen LogP contribution in [0.3, 0.4) is 0 Å². The largest absolute Gasteiger partial charge is 0.276 e. The van der Waals surface area contributed by atoms with Crippen molar-refractivity contribution >= 4 is 43.0 Å². The number of hydrogen-bond donors (Lipinski definition) is 1. The van der Waals surface area contributed by atoms with E-state index in [1.54, 1.807) is 23.0 Å². The molecule has 0 saturated heterocycles. The Morgan fingerprint density at radius 3 is 2.74 bits per heavy atom. The van der Waals surface area contributed by atoms with E-state index in [1.807, 2.05) is 31.2 Å². The van der Waals surface area contributed by atoms with E-state index >= 15 is 0 Å². The summed E-state index contributed by atoms with van der Waals surface area (Å²) in [5.74, 6) is 0. The van der Waals surface area contributed by atoms with Crippen molar-refractivity contribution in [2.45, 2.75) is 17.7 Å². The summed E-state index contributed by atoms with van der Waals surface area (Å²) in [6, 6.07) is 11.3. The van der Waals surface area contributed by atoms with Crippen molar-refractivity contribution in [1.29, 1.82) is 0 Å². The molecule has 5 nitrogen and oxygen atoms in total. The number of aryl methyl sites for hydroxylation is 1. The van der Waals surface area contributed by atoms with Gasteiger partial charge in [0.25, 0.3) is 10.0 Å². The lowest BCUT2D eigenvalue weighted by atomic mass is 10.1. The Bertz CT molecular complexity index is 932. The molecule has 3 aromatic rings. The Labute approximate surface area is 147 Å². The minimum Gasteiger partial charge on any atom is -0.276 e. The molecule has 1 N–H and O–H groups in total. The van der Waals surface area contributed by atoms with Crippen molar-refractivity contribution in [3.63, 3.8) is 0 Å². The zero-order valence-corrected chi connectivity index (χ0v) is 15.5. The molecule has 3 rings (SSSR count). The lowest BCUT2D eigenvalue weighted by molar-refractivity contribution is 0.603. The molecule has 0 aliphatic heterocycles. The van der Waals surface area contributed by atoms with Crippen molar-refractivity contribution in [2.24, 2.45) is 0 Å². The van der Waals surface area contributed by atoms with Crippen LogP contribution in [0.2, 0.25) is 0 Å². The number of sulfonamides is 1. The quantitative estimate of drug-likeness (QED) is 0.692. The van der Waals surface area contributed by atoms with Crippen LogP contribution in [0.4, 0.5) is 5.69 Å². The molecule has 120 valence electrons. The van der Waals surface area contributed by atoms with Crippen LogP contribution in [0.15, 0.2) is 56.8 Å². The van der Waals surface area contributed by atoms with Crippen molar-refractivity contribution in [2.75, 3.05) is 4.72 Å². The van der Waals surface area contributed by atoms with Crippen molar-refractivity contribution < 1.29 is 8.42 Å². The number of hydrogen-bond acceptors (Lipinski definition) is 4. The van der Waals surface area contributed by atoms with Crippen LogP contribution in [-0.2, 0) is 16.6 Å². The summed E-state index contributed by atoms with van der Waals surface area (Å²) in [4.78, 5) is 0. The van der Waals surface area contributed by atoms with Gasteiger partial charge in [-0.2, -0.15) is 5.10 Å². The molecule has 0 saturated carbocycles. The van der Waals surface area contributed by atoms with Crippen LogP contribution in [0.5, 0.6) is 0 Å². The first-order chi connectivity index (χ1) is 10.9. The lowest BCUT2D eigenvalue weighted by Crippen LogP contribution is -2.10. The van der Waals surface area contributed by atoms with Gasteiger partial charge in [0, 0.05) is 6.20 Å². The van der Waals surface area contributed by atoms with Crippen molar-refractivity contribution in [3.8, 4) is 0 Å². The number of halogens is 1. The third-order valence-corrected chi connectivity index (χ3v) is 6.79. The molecular formula is C15H14BrN3O2S2. The average molecular weight is 412 g/mol. The third-order valence-electron chi connectivity index (χ3n) is 3.29. The second kappa shape index (κ2) is 6.46. The molecule has 0 unspecified atom stereocenters. The fourth-order valence-corrected chi connectivity index (χ4v) is 5.15.